The average Bonchev–Trinajstić information content (AvgIpc) is 1.67. The maximum atomic E-state index is 10.2. The van der Waals surface area contributed by atoms with Crippen LogP contribution in [0.1, 0.15) is 13.3 Å². The minimum absolute atomic E-state index is 0.213. The molecule has 0 aromatic rings. The van der Waals surface area contributed by atoms with Gasteiger partial charge in [0.1, 0.15) is 6.10 Å². The van der Waals surface area contributed by atoms with Gasteiger partial charge in [0.05, 0.1) is 0 Å². The van der Waals surface area contributed by atoms with E-state index in [0.717, 1.165) is 0 Å². The summed E-state index contributed by atoms with van der Waals surface area (Å²) in [4.78, 5) is 10.2. The average molecular weight is 117 g/mol. The number of rotatable bonds is 3. The van der Waals surface area contributed by atoms with Crippen LogP contribution >= 0.6 is 0 Å². The summed E-state index contributed by atoms with van der Waals surface area (Å²) >= 11 is 0. The molecule has 0 aliphatic carbocycles. The molecule has 0 spiro atoms. The van der Waals surface area contributed by atoms with Crippen molar-refractivity contribution in [2.45, 2.75) is 19.4 Å². The predicted molar refractivity (Wildman–Crippen MR) is 30.4 cm³/mol. The van der Waals surface area contributed by atoms with E-state index in [0.29, 0.717) is 13.0 Å². The van der Waals surface area contributed by atoms with Crippen LogP contribution in [-0.2, 0) is 4.79 Å². The summed E-state index contributed by atoms with van der Waals surface area (Å²) in [6.07, 6.45) is -0.477. The number of nitrogens with two attached hydrogens (primary N) is 1. The first-order valence-electron chi connectivity index (χ1n) is 2.57. The van der Waals surface area contributed by atoms with E-state index in [-0.39, 0.29) is 5.78 Å². The predicted octanol–water partition coefficient (Wildman–Crippen LogP) is -0.715. The summed E-state index contributed by atoms with van der Waals surface area (Å²) in [5.74, 6) is -0.213. The maximum Gasteiger partial charge on any atom is 0.158 e. The summed E-state index contributed by atoms with van der Waals surface area (Å²) in [6, 6.07) is 0. The second-order valence-electron chi connectivity index (χ2n) is 1.70. The summed E-state index contributed by atoms with van der Waals surface area (Å²) in [5.41, 5.74) is 5.06. The first kappa shape index (κ1) is 7.59. The summed E-state index contributed by atoms with van der Waals surface area (Å²) in [7, 11) is 0. The maximum absolute atomic E-state index is 10.2. The van der Waals surface area contributed by atoms with Crippen LogP contribution in [0.2, 0.25) is 0 Å². The Balaban J connectivity index is 3.32. The van der Waals surface area contributed by atoms with Crippen LogP contribution in [0.15, 0.2) is 0 Å². The van der Waals surface area contributed by atoms with Gasteiger partial charge in [-0.05, 0) is 19.9 Å². The molecule has 8 heavy (non-hydrogen) atoms. The number of ketones is 1. The molecule has 0 saturated heterocycles. The monoisotopic (exact) mass is 117 g/mol. The molecule has 0 aliphatic rings. The molecule has 0 heterocycles. The Labute approximate surface area is 48.5 Å². The molecule has 0 amide bonds. The van der Waals surface area contributed by atoms with E-state index in [4.69, 9.17) is 10.8 Å². The third-order valence-electron chi connectivity index (χ3n) is 0.909. The minimum atomic E-state index is -0.847. The Morgan fingerprint density at radius 1 is 1.88 bits per heavy atom. The lowest BCUT2D eigenvalue weighted by molar-refractivity contribution is -0.125. The zero-order valence-electron chi connectivity index (χ0n) is 4.92. The van der Waals surface area contributed by atoms with Crippen LogP contribution in [0.5, 0.6) is 0 Å². The van der Waals surface area contributed by atoms with Gasteiger partial charge in [0.2, 0.25) is 0 Å². The highest BCUT2D eigenvalue weighted by atomic mass is 16.3. The molecule has 1 atom stereocenters. The topological polar surface area (TPSA) is 63.3 Å². The van der Waals surface area contributed by atoms with Gasteiger partial charge in [-0.3, -0.25) is 4.79 Å². The SMILES string of the molecule is CC(=O)[C@@H](O)CCN. The van der Waals surface area contributed by atoms with Gasteiger partial charge in [0.25, 0.3) is 0 Å². The van der Waals surface area contributed by atoms with E-state index in [1.165, 1.54) is 6.92 Å². The Morgan fingerprint density at radius 3 is 2.50 bits per heavy atom. The molecule has 3 N–H and O–H groups in total. The van der Waals surface area contributed by atoms with Gasteiger partial charge in [-0.1, -0.05) is 0 Å². The van der Waals surface area contributed by atoms with Crippen molar-refractivity contribution in [1.29, 1.82) is 0 Å². The zero-order chi connectivity index (χ0) is 6.57. The van der Waals surface area contributed by atoms with Crippen molar-refractivity contribution >= 4 is 5.78 Å². The fourth-order valence-electron chi connectivity index (χ4n) is 0.361. The van der Waals surface area contributed by atoms with Crippen LogP contribution in [0, 0.1) is 0 Å². The van der Waals surface area contributed by atoms with E-state index in [1.54, 1.807) is 0 Å². The van der Waals surface area contributed by atoms with E-state index >= 15 is 0 Å². The summed E-state index contributed by atoms with van der Waals surface area (Å²) < 4.78 is 0. The van der Waals surface area contributed by atoms with Crippen LogP contribution in [0.3, 0.4) is 0 Å². The van der Waals surface area contributed by atoms with Gasteiger partial charge in [-0.2, -0.15) is 0 Å². The molecule has 3 nitrogen and oxygen atoms in total. The van der Waals surface area contributed by atoms with Crippen molar-refractivity contribution in [3.63, 3.8) is 0 Å². The van der Waals surface area contributed by atoms with Gasteiger partial charge in [-0.15, -0.1) is 0 Å². The minimum Gasteiger partial charge on any atom is -0.385 e. The Hall–Kier alpha value is -0.410. The van der Waals surface area contributed by atoms with E-state index in [1.807, 2.05) is 0 Å². The fraction of sp³-hybridized carbons (Fsp3) is 0.800. The zero-order valence-corrected chi connectivity index (χ0v) is 4.92. The molecule has 48 valence electrons. The third kappa shape index (κ3) is 2.71. The normalized spacial score (nSPS) is 13.4. The lowest BCUT2D eigenvalue weighted by Crippen LogP contribution is -2.20. The largest absolute Gasteiger partial charge is 0.385 e. The molecule has 0 bridgehead atoms. The van der Waals surface area contributed by atoms with E-state index in [2.05, 4.69) is 0 Å². The number of hydrogen-bond donors (Lipinski definition) is 2. The lowest BCUT2D eigenvalue weighted by atomic mass is 10.2. The molecule has 0 unspecified atom stereocenters. The van der Waals surface area contributed by atoms with Gasteiger partial charge in [0, 0.05) is 0 Å². The van der Waals surface area contributed by atoms with Crippen molar-refractivity contribution in [2.24, 2.45) is 5.73 Å². The van der Waals surface area contributed by atoms with Crippen molar-refractivity contribution in [1.82, 2.24) is 0 Å². The molecule has 0 saturated carbocycles. The number of Topliss-reactive ketones (excluding diaryl/α,β-unsaturated/α-hetero) is 1. The van der Waals surface area contributed by atoms with E-state index in [9.17, 15) is 4.79 Å². The first-order valence-corrected chi connectivity index (χ1v) is 2.57. The highest BCUT2D eigenvalue weighted by Crippen LogP contribution is 1.88. The quantitative estimate of drug-likeness (QED) is 0.513. The van der Waals surface area contributed by atoms with Crippen LogP contribution < -0.4 is 5.73 Å². The number of hydrogen-bond acceptors (Lipinski definition) is 3. The number of carbonyl (C=O) groups excluding carboxylic acids is 1. The van der Waals surface area contributed by atoms with Gasteiger partial charge >= 0.3 is 0 Å². The third-order valence-corrected chi connectivity index (χ3v) is 0.909. The number of aliphatic hydroxyl groups excluding tert-OH is 1. The summed E-state index contributed by atoms with van der Waals surface area (Å²) in [5, 5.41) is 8.70. The molecule has 0 aliphatic heterocycles. The highest BCUT2D eigenvalue weighted by molar-refractivity contribution is 5.79. The molecule has 0 rings (SSSR count). The van der Waals surface area contributed by atoms with Crippen molar-refractivity contribution in [3.8, 4) is 0 Å². The van der Waals surface area contributed by atoms with Gasteiger partial charge in [0.15, 0.2) is 5.78 Å². The molecule has 0 aromatic heterocycles. The number of aliphatic hydroxyl groups is 1. The Kier molecular flexibility index (Phi) is 3.39. The number of carbonyl (C=O) groups is 1. The molecular formula is C5H11NO2. The van der Waals surface area contributed by atoms with E-state index < -0.39 is 6.10 Å². The lowest BCUT2D eigenvalue weighted by Gasteiger charge is -2.01. The first-order chi connectivity index (χ1) is 3.68. The highest BCUT2D eigenvalue weighted by Gasteiger charge is 2.05. The van der Waals surface area contributed by atoms with Crippen molar-refractivity contribution in [3.05, 3.63) is 0 Å². The fourth-order valence-corrected chi connectivity index (χ4v) is 0.361. The van der Waals surface area contributed by atoms with Crippen molar-refractivity contribution in [2.75, 3.05) is 6.54 Å². The van der Waals surface area contributed by atoms with Crippen LogP contribution in [0.4, 0.5) is 0 Å². The van der Waals surface area contributed by atoms with Crippen LogP contribution in [-0.4, -0.2) is 23.5 Å². The molecule has 0 radical (unpaired) electrons. The van der Waals surface area contributed by atoms with Crippen LogP contribution in [0.25, 0.3) is 0 Å². The second kappa shape index (κ2) is 3.57. The Bertz CT molecular complexity index is 82.5. The molecule has 3 heteroatoms. The molecular weight excluding hydrogens is 106 g/mol. The second-order valence-corrected chi connectivity index (χ2v) is 1.70. The van der Waals surface area contributed by atoms with Crippen molar-refractivity contribution < 1.29 is 9.90 Å². The standard InChI is InChI=1S/C5H11NO2/c1-4(7)5(8)2-3-6/h5,8H,2-3,6H2,1H3/t5-/m0/s1. The smallest absolute Gasteiger partial charge is 0.158 e. The van der Waals surface area contributed by atoms with Gasteiger partial charge < -0.3 is 10.8 Å². The Morgan fingerprint density at radius 2 is 2.38 bits per heavy atom. The summed E-state index contributed by atoms with van der Waals surface area (Å²) in [6.45, 7) is 1.71. The molecule has 0 aromatic carbocycles. The molecule has 0 fully saturated rings. The van der Waals surface area contributed by atoms with Gasteiger partial charge in [-0.25, -0.2) is 0 Å².